The van der Waals surface area contributed by atoms with E-state index in [2.05, 4.69) is 0 Å². The van der Waals surface area contributed by atoms with Gasteiger partial charge in [0.15, 0.2) is 34.5 Å². The van der Waals surface area contributed by atoms with Crippen molar-refractivity contribution >= 4 is 51.5 Å². The Morgan fingerprint density at radius 1 is 0.703 bits per heavy atom. The third-order valence-electron chi connectivity index (χ3n) is 4.95. The summed E-state index contributed by atoms with van der Waals surface area (Å²) in [5, 5.41) is 22.8. The van der Waals surface area contributed by atoms with Gasteiger partial charge in [0.2, 0.25) is 11.5 Å². The topological polar surface area (TPSA) is 94.5 Å². The Balaban J connectivity index is 2.09. The van der Waals surface area contributed by atoms with Crippen LogP contribution in [0.1, 0.15) is 20.8 Å². The molecule has 4 aromatic rings. The third kappa shape index (κ3) is 5.91. The highest BCUT2D eigenvalue weighted by molar-refractivity contribution is 6.32. The summed E-state index contributed by atoms with van der Waals surface area (Å²) in [6, 6.07) is 13.4. The van der Waals surface area contributed by atoms with Crippen molar-refractivity contribution in [2.45, 2.75) is 26.9 Å². The lowest BCUT2D eigenvalue weighted by Gasteiger charge is -2.23. The predicted octanol–water partition coefficient (Wildman–Crippen LogP) is 8.51. The number of rotatable bonds is 7. The Labute approximate surface area is 227 Å². The first kappa shape index (κ1) is 26.5. The second-order valence-electron chi connectivity index (χ2n) is 8.19. The molecule has 37 heavy (non-hydrogen) atoms. The summed E-state index contributed by atoms with van der Waals surface area (Å²) >= 11 is 18.3. The number of phenols is 2. The van der Waals surface area contributed by atoms with Crippen molar-refractivity contribution in [3.8, 4) is 46.0 Å². The molecule has 4 aromatic carbocycles. The largest absolute Gasteiger partial charge is 0.504 e. The van der Waals surface area contributed by atoms with Gasteiger partial charge >= 0.3 is 5.97 Å². The lowest BCUT2D eigenvalue weighted by molar-refractivity contribution is -0.131. The van der Waals surface area contributed by atoms with Crippen molar-refractivity contribution in [1.82, 2.24) is 0 Å². The lowest BCUT2D eigenvalue weighted by atomic mass is 10.1. The van der Waals surface area contributed by atoms with Crippen molar-refractivity contribution in [2.24, 2.45) is 0 Å². The summed E-state index contributed by atoms with van der Waals surface area (Å²) in [7, 11) is 0. The monoisotopic (exact) mass is 562 g/mol. The molecule has 4 rings (SSSR count). The van der Waals surface area contributed by atoms with Crippen LogP contribution in [0.3, 0.4) is 0 Å². The zero-order chi connectivity index (χ0) is 26.9. The minimum absolute atomic E-state index is 0.0140. The van der Waals surface area contributed by atoms with Crippen LogP contribution in [0.25, 0.3) is 10.8 Å². The fourth-order valence-corrected chi connectivity index (χ4v) is 4.01. The molecule has 0 unspecified atom stereocenters. The summed E-state index contributed by atoms with van der Waals surface area (Å²) in [6.45, 7) is 4.86. The van der Waals surface area contributed by atoms with Crippen LogP contribution in [-0.4, -0.2) is 22.3 Å². The molecule has 0 saturated heterocycles. The molecule has 0 amide bonds. The zero-order valence-corrected chi connectivity index (χ0v) is 22.1. The number of benzene rings is 4. The highest BCUT2D eigenvalue weighted by atomic mass is 35.5. The molecule has 0 aliphatic carbocycles. The number of aromatic hydroxyl groups is 2. The Morgan fingerprint density at radius 2 is 1.19 bits per heavy atom. The number of carbonyl (C=O) groups excluding carboxylic acids is 1. The molecule has 0 radical (unpaired) electrons. The van der Waals surface area contributed by atoms with E-state index in [-0.39, 0.29) is 57.1 Å². The number of hydrogen-bond donors (Lipinski definition) is 2. The summed E-state index contributed by atoms with van der Waals surface area (Å²) < 4.78 is 24.0. The molecule has 7 nitrogen and oxygen atoms in total. The fraction of sp³-hybridized carbons (Fsp3) is 0.148. The zero-order valence-electron chi connectivity index (χ0n) is 19.8. The first-order valence-corrected chi connectivity index (χ1v) is 12.1. The minimum atomic E-state index is -0.649. The van der Waals surface area contributed by atoms with Crippen molar-refractivity contribution in [3.63, 3.8) is 0 Å². The average molecular weight is 564 g/mol. The Kier molecular flexibility index (Phi) is 7.78. The molecule has 0 spiro atoms. The number of fused-ring (bicyclic) bond motifs is 1. The predicted molar refractivity (Wildman–Crippen MR) is 142 cm³/mol. The third-order valence-corrected chi connectivity index (χ3v) is 5.66. The number of halogens is 3. The molecule has 0 atom stereocenters. The average Bonchev–Trinajstić information content (AvgIpc) is 2.80. The molecule has 0 aliphatic rings. The van der Waals surface area contributed by atoms with E-state index in [1.807, 2.05) is 13.8 Å². The van der Waals surface area contributed by atoms with Gasteiger partial charge in [0.05, 0.1) is 6.10 Å². The lowest BCUT2D eigenvalue weighted by Crippen LogP contribution is -2.10. The molecule has 0 aromatic heterocycles. The van der Waals surface area contributed by atoms with Gasteiger partial charge in [-0.15, -0.1) is 0 Å². The van der Waals surface area contributed by atoms with Crippen LogP contribution in [0.2, 0.25) is 15.1 Å². The van der Waals surface area contributed by atoms with E-state index in [9.17, 15) is 15.0 Å². The van der Waals surface area contributed by atoms with E-state index >= 15 is 0 Å². The van der Waals surface area contributed by atoms with Crippen LogP contribution in [0.15, 0.2) is 54.6 Å². The summed E-state index contributed by atoms with van der Waals surface area (Å²) in [5.41, 5.74) is 0. The molecular formula is C27H21Cl3O7. The second-order valence-corrected chi connectivity index (χ2v) is 9.50. The number of esters is 1. The smallest absolute Gasteiger partial charge is 0.308 e. The number of hydrogen-bond acceptors (Lipinski definition) is 7. The van der Waals surface area contributed by atoms with Gasteiger partial charge in [-0.05, 0) is 56.3 Å². The standard InChI is InChI=1S/C27H21Cl3O7/c1-13(2)34-24-18-7-4-15(28)10-19(18)25(35-14(3)31)27(37-23-9-6-17(30)12-21(23)33)26(24)36-22-8-5-16(29)11-20(22)32/h4-13,32-33H,1-3H3. The van der Waals surface area contributed by atoms with Crippen molar-refractivity contribution in [2.75, 3.05) is 0 Å². The van der Waals surface area contributed by atoms with E-state index in [0.717, 1.165) is 0 Å². The summed E-state index contributed by atoms with van der Waals surface area (Å²) in [6.07, 6.45) is -0.323. The van der Waals surface area contributed by atoms with Crippen LogP contribution in [0.4, 0.5) is 0 Å². The van der Waals surface area contributed by atoms with Crippen molar-refractivity contribution in [1.29, 1.82) is 0 Å². The van der Waals surface area contributed by atoms with Gasteiger partial charge in [-0.2, -0.15) is 0 Å². The van der Waals surface area contributed by atoms with Crippen LogP contribution < -0.4 is 18.9 Å². The molecule has 0 saturated carbocycles. The van der Waals surface area contributed by atoms with Gasteiger partial charge in [-0.25, -0.2) is 0 Å². The highest BCUT2D eigenvalue weighted by Crippen LogP contribution is 2.56. The molecule has 0 fully saturated rings. The van der Waals surface area contributed by atoms with E-state index in [1.165, 1.54) is 43.3 Å². The Hall–Kier alpha value is -3.52. The van der Waals surface area contributed by atoms with E-state index in [0.29, 0.717) is 20.8 Å². The maximum atomic E-state index is 12.2. The SMILES string of the molecule is CC(=O)Oc1c(Oc2ccc(Cl)cc2O)c(Oc2ccc(Cl)cc2O)c(OC(C)C)c2ccc(Cl)cc12. The van der Waals surface area contributed by atoms with Crippen LogP contribution >= 0.6 is 34.8 Å². The number of phenolic OH excluding ortho intramolecular Hbond substituents is 2. The van der Waals surface area contributed by atoms with Crippen molar-refractivity contribution in [3.05, 3.63) is 69.7 Å². The Morgan fingerprint density at radius 3 is 1.68 bits per heavy atom. The first-order chi connectivity index (χ1) is 17.5. The van der Waals surface area contributed by atoms with E-state index < -0.39 is 5.97 Å². The van der Waals surface area contributed by atoms with Gasteiger partial charge in [-0.3, -0.25) is 4.79 Å². The molecule has 0 heterocycles. The highest BCUT2D eigenvalue weighted by Gasteiger charge is 2.29. The molecular weight excluding hydrogens is 543 g/mol. The van der Waals surface area contributed by atoms with Gasteiger partial charge in [0.1, 0.15) is 0 Å². The van der Waals surface area contributed by atoms with E-state index in [1.54, 1.807) is 18.2 Å². The first-order valence-electron chi connectivity index (χ1n) is 11.0. The van der Waals surface area contributed by atoms with Gasteiger partial charge in [0.25, 0.3) is 0 Å². The molecule has 2 N–H and O–H groups in total. The van der Waals surface area contributed by atoms with Gasteiger partial charge in [0, 0.05) is 44.9 Å². The van der Waals surface area contributed by atoms with Crippen LogP contribution in [0, 0.1) is 0 Å². The number of ether oxygens (including phenoxy) is 4. The minimum Gasteiger partial charge on any atom is -0.504 e. The molecule has 10 heteroatoms. The summed E-state index contributed by atoms with van der Waals surface area (Å²) in [4.78, 5) is 12.2. The number of carbonyl (C=O) groups is 1. The molecule has 0 bridgehead atoms. The molecule has 0 aliphatic heterocycles. The molecule has 192 valence electrons. The maximum Gasteiger partial charge on any atom is 0.308 e. The van der Waals surface area contributed by atoms with Gasteiger partial charge in [-0.1, -0.05) is 34.8 Å². The normalized spacial score (nSPS) is 11.0. The van der Waals surface area contributed by atoms with Crippen molar-refractivity contribution < 1.29 is 34.0 Å². The maximum absolute atomic E-state index is 12.2. The second kappa shape index (κ2) is 10.8. The Bertz CT molecular complexity index is 1500. The quantitative estimate of drug-likeness (QED) is 0.172. The van der Waals surface area contributed by atoms with Gasteiger partial charge < -0.3 is 29.2 Å². The van der Waals surface area contributed by atoms with E-state index in [4.69, 9.17) is 53.8 Å². The van der Waals surface area contributed by atoms with Crippen LogP contribution in [0.5, 0.6) is 46.0 Å². The fourth-order valence-electron chi connectivity index (χ4n) is 3.51. The summed E-state index contributed by atoms with van der Waals surface area (Å²) in [5.74, 6) is -1.16. The van der Waals surface area contributed by atoms with Crippen LogP contribution in [-0.2, 0) is 4.79 Å².